The molecule has 1 atom stereocenters. The van der Waals surface area contributed by atoms with Crippen molar-refractivity contribution in [1.29, 1.82) is 0 Å². The van der Waals surface area contributed by atoms with Gasteiger partial charge in [0.25, 0.3) is 5.91 Å². The zero-order valence-electron chi connectivity index (χ0n) is 16.5. The molecule has 27 heavy (non-hydrogen) atoms. The van der Waals surface area contributed by atoms with Gasteiger partial charge in [0.05, 0.1) is 6.10 Å². The summed E-state index contributed by atoms with van der Waals surface area (Å²) in [5, 5.41) is 0. The van der Waals surface area contributed by atoms with Crippen LogP contribution in [0.1, 0.15) is 28.8 Å². The predicted molar refractivity (Wildman–Crippen MR) is 108 cm³/mol. The molecule has 1 unspecified atom stereocenters. The van der Waals surface area contributed by atoms with E-state index in [9.17, 15) is 4.79 Å². The van der Waals surface area contributed by atoms with Gasteiger partial charge in [0.2, 0.25) is 0 Å². The van der Waals surface area contributed by atoms with Gasteiger partial charge in [-0.15, -0.1) is 0 Å². The van der Waals surface area contributed by atoms with Crippen LogP contribution in [0.2, 0.25) is 0 Å². The van der Waals surface area contributed by atoms with Crippen LogP contribution in [-0.2, 0) is 4.74 Å². The van der Waals surface area contributed by atoms with E-state index in [2.05, 4.69) is 9.88 Å². The highest BCUT2D eigenvalue weighted by molar-refractivity contribution is 5.95. The van der Waals surface area contributed by atoms with Gasteiger partial charge in [-0.1, -0.05) is 12.1 Å². The number of hydrogen-bond donors (Lipinski definition) is 0. The highest BCUT2D eigenvalue weighted by Gasteiger charge is 2.23. The van der Waals surface area contributed by atoms with Gasteiger partial charge >= 0.3 is 0 Å². The Kier molecular flexibility index (Phi) is 6.58. The van der Waals surface area contributed by atoms with Crippen molar-refractivity contribution in [2.24, 2.45) is 0 Å². The molecule has 1 amide bonds. The number of rotatable bonds is 7. The minimum atomic E-state index is 0.0703. The summed E-state index contributed by atoms with van der Waals surface area (Å²) in [4.78, 5) is 21.5. The zero-order chi connectivity index (χ0) is 19.2. The first-order valence-corrected chi connectivity index (χ1v) is 9.61. The Morgan fingerprint density at radius 1 is 1.26 bits per heavy atom. The number of amides is 1. The molecule has 2 aromatic rings. The number of carbonyl (C=O) groups is 1. The van der Waals surface area contributed by atoms with Gasteiger partial charge in [0.1, 0.15) is 0 Å². The Morgan fingerprint density at radius 3 is 2.81 bits per heavy atom. The lowest BCUT2D eigenvalue weighted by Gasteiger charge is -2.27. The Bertz CT molecular complexity index is 770. The third-order valence-electron chi connectivity index (χ3n) is 4.99. The van der Waals surface area contributed by atoms with Crippen molar-refractivity contribution in [3.63, 3.8) is 0 Å². The topological polar surface area (TPSA) is 45.7 Å². The van der Waals surface area contributed by atoms with Crippen LogP contribution in [0.5, 0.6) is 0 Å². The average molecular weight is 367 g/mol. The molecule has 0 N–H and O–H groups in total. The summed E-state index contributed by atoms with van der Waals surface area (Å²) in [5.41, 5.74) is 3.98. The molecule has 0 radical (unpaired) electrons. The standard InChI is InChI=1S/C22H29N3O2/c1-17-15-23-10-9-21(17)18-6-4-7-19(14-18)22(26)25(12-11-24(2)3)16-20-8-5-13-27-20/h4,6-7,9-10,14-15,20H,5,8,11-13,16H2,1-3H3. The maximum atomic E-state index is 13.3. The summed E-state index contributed by atoms with van der Waals surface area (Å²) in [6.07, 6.45) is 5.91. The summed E-state index contributed by atoms with van der Waals surface area (Å²) in [6.45, 7) is 5.03. The van der Waals surface area contributed by atoms with Crippen LogP contribution < -0.4 is 0 Å². The molecule has 1 aliphatic heterocycles. The smallest absolute Gasteiger partial charge is 0.254 e. The highest BCUT2D eigenvalue weighted by atomic mass is 16.5. The molecule has 1 saturated heterocycles. The van der Waals surface area contributed by atoms with Gasteiger partial charge in [-0.25, -0.2) is 0 Å². The lowest BCUT2D eigenvalue weighted by Crippen LogP contribution is -2.41. The van der Waals surface area contributed by atoms with E-state index in [4.69, 9.17) is 4.74 Å². The van der Waals surface area contributed by atoms with Crippen molar-refractivity contribution in [3.05, 3.63) is 53.9 Å². The second kappa shape index (κ2) is 9.11. The highest BCUT2D eigenvalue weighted by Crippen LogP contribution is 2.24. The molecule has 2 heterocycles. The monoisotopic (exact) mass is 367 g/mol. The van der Waals surface area contributed by atoms with E-state index in [0.717, 1.165) is 48.2 Å². The summed E-state index contributed by atoms with van der Waals surface area (Å²) in [7, 11) is 4.06. The Labute approximate surface area is 162 Å². The molecule has 3 rings (SSSR count). The largest absolute Gasteiger partial charge is 0.376 e. The molecular formula is C22H29N3O2. The molecule has 1 fully saturated rings. The third-order valence-corrected chi connectivity index (χ3v) is 4.99. The normalized spacial score (nSPS) is 16.7. The molecule has 0 aliphatic carbocycles. The fraction of sp³-hybridized carbons (Fsp3) is 0.455. The number of carbonyl (C=O) groups excluding carboxylic acids is 1. The second-order valence-electron chi connectivity index (χ2n) is 7.46. The lowest BCUT2D eigenvalue weighted by molar-refractivity contribution is 0.0512. The van der Waals surface area contributed by atoms with E-state index in [-0.39, 0.29) is 12.0 Å². The van der Waals surface area contributed by atoms with Crippen molar-refractivity contribution < 1.29 is 9.53 Å². The third kappa shape index (κ3) is 5.15. The van der Waals surface area contributed by atoms with Crippen LogP contribution in [0, 0.1) is 6.92 Å². The molecular weight excluding hydrogens is 338 g/mol. The van der Waals surface area contributed by atoms with Gasteiger partial charge in [0.15, 0.2) is 0 Å². The van der Waals surface area contributed by atoms with Crippen LogP contribution in [0.15, 0.2) is 42.7 Å². The molecule has 144 valence electrons. The molecule has 1 aromatic carbocycles. The van der Waals surface area contributed by atoms with Gasteiger partial charge in [-0.3, -0.25) is 9.78 Å². The van der Waals surface area contributed by atoms with Gasteiger partial charge < -0.3 is 14.5 Å². The average Bonchev–Trinajstić information content (AvgIpc) is 3.18. The van der Waals surface area contributed by atoms with E-state index < -0.39 is 0 Å². The Morgan fingerprint density at radius 2 is 2.11 bits per heavy atom. The van der Waals surface area contributed by atoms with E-state index >= 15 is 0 Å². The van der Waals surface area contributed by atoms with Gasteiger partial charge in [-0.05, 0) is 68.8 Å². The molecule has 0 bridgehead atoms. The summed E-state index contributed by atoms with van der Waals surface area (Å²) in [5.74, 6) is 0.0703. The first-order valence-electron chi connectivity index (χ1n) is 9.61. The van der Waals surface area contributed by atoms with Crippen molar-refractivity contribution in [2.45, 2.75) is 25.9 Å². The zero-order valence-corrected chi connectivity index (χ0v) is 16.5. The van der Waals surface area contributed by atoms with Crippen LogP contribution in [0.3, 0.4) is 0 Å². The maximum Gasteiger partial charge on any atom is 0.254 e. The summed E-state index contributed by atoms with van der Waals surface area (Å²) >= 11 is 0. The van der Waals surface area contributed by atoms with E-state index in [1.807, 2.05) is 62.4 Å². The SMILES string of the molecule is Cc1cnccc1-c1cccc(C(=O)N(CCN(C)C)CC2CCCO2)c1. The van der Waals surface area contributed by atoms with E-state index in [1.165, 1.54) is 0 Å². The maximum absolute atomic E-state index is 13.3. The van der Waals surface area contributed by atoms with Gasteiger partial charge in [-0.2, -0.15) is 0 Å². The molecule has 0 spiro atoms. The number of likely N-dealkylation sites (N-methyl/N-ethyl adjacent to an activating group) is 1. The lowest BCUT2D eigenvalue weighted by atomic mass is 10.00. The van der Waals surface area contributed by atoms with Crippen LogP contribution >= 0.6 is 0 Å². The number of aryl methyl sites for hydroxylation is 1. The summed E-state index contributed by atoms with van der Waals surface area (Å²) < 4.78 is 5.77. The van der Waals surface area contributed by atoms with Crippen molar-refractivity contribution in [1.82, 2.24) is 14.8 Å². The van der Waals surface area contributed by atoms with Crippen molar-refractivity contribution >= 4 is 5.91 Å². The number of nitrogens with zero attached hydrogens (tertiary/aromatic N) is 3. The minimum absolute atomic E-state index is 0.0703. The second-order valence-corrected chi connectivity index (χ2v) is 7.46. The summed E-state index contributed by atoms with van der Waals surface area (Å²) in [6, 6.07) is 9.89. The quantitative estimate of drug-likeness (QED) is 0.754. The molecule has 5 heteroatoms. The number of benzene rings is 1. The molecule has 5 nitrogen and oxygen atoms in total. The van der Waals surface area contributed by atoms with Crippen molar-refractivity contribution in [2.75, 3.05) is 40.3 Å². The van der Waals surface area contributed by atoms with Crippen LogP contribution in [0.25, 0.3) is 11.1 Å². The number of hydrogen-bond acceptors (Lipinski definition) is 4. The van der Waals surface area contributed by atoms with Crippen LogP contribution in [0.4, 0.5) is 0 Å². The first kappa shape index (κ1) is 19.5. The number of ether oxygens (including phenoxy) is 1. The molecule has 1 aliphatic rings. The predicted octanol–water partition coefficient (Wildman–Crippen LogP) is 3.24. The van der Waals surface area contributed by atoms with E-state index in [1.54, 1.807) is 6.20 Å². The fourth-order valence-corrected chi connectivity index (χ4v) is 3.43. The van der Waals surface area contributed by atoms with Crippen molar-refractivity contribution in [3.8, 4) is 11.1 Å². The number of aromatic nitrogens is 1. The first-order chi connectivity index (χ1) is 13.0. The van der Waals surface area contributed by atoms with Crippen LogP contribution in [-0.4, -0.2) is 67.1 Å². The molecule has 0 saturated carbocycles. The fourth-order valence-electron chi connectivity index (χ4n) is 3.43. The Hall–Kier alpha value is -2.24. The number of pyridine rings is 1. The Balaban J connectivity index is 1.82. The minimum Gasteiger partial charge on any atom is -0.376 e. The van der Waals surface area contributed by atoms with Gasteiger partial charge in [0, 0.05) is 44.2 Å². The van der Waals surface area contributed by atoms with E-state index in [0.29, 0.717) is 13.1 Å². The molecule has 1 aromatic heterocycles.